The summed E-state index contributed by atoms with van der Waals surface area (Å²) in [5.74, 6) is -0.139. The van der Waals surface area contributed by atoms with Crippen LogP contribution < -0.4 is 19.6 Å². The Hall–Kier alpha value is -3.37. The molecule has 0 aliphatic rings. The second-order valence-electron chi connectivity index (χ2n) is 6.41. The predicted octanol–water partition coefficient (Wildman–Crippen LogP) is 5.26. The van der Waals surface area contributed by atoms with Gasteiger partial charge in [-0.15, -0.1) is 0 Å². The number of alkyl halides is 6. The first kappa shape index (κ1) is 22.3. The Bertz CT molecular complexity index is 1170. The molecular formula is C20H15F6NO4. The molecule has 0 spiro atoms. The third kappa shape index (κ3) is 4.12. The van der Waals surface area contributed by atoms with E-state index in [-0.39, 0.29) is 34.2 Å². The molecule has 0 fully saturated rings. The van der Waals surface area contributed by atoms with Crippen LogP contribution in [0.5, 0.6) is 17.2 Å². The van der Waals surface area contributed by atoms with E-state index in [0.29, 0.717) is 12.1 Å². The van der Waals surface area contributed by atoms with Gasteiger partial charge in [-0.2, -0.15) is 26.3 Å². The minimum absolute atomic E-state index is 0.00118. The highest BCUT2D eigenvalue weighted by molar-refractivity contribution is 5.91. The maximum Gasteiger partial charge on any atom is 0.416 e. The van der Waals surface area contributed by atoms with Gasteiger partial charge in [-0.05, 0) is 18.2 Å². The Morgan fingerprint density at radius 2 is 1.35 bits per heavy atom. The van der Waals surface area contributed by atoms with Crippen LogP contribution in [0.15, 0.2) is 35.1 Å². The fourth-order valence-corrected chi connectivity index (χ4v) is 3.12. The molecule has 11 heteroatoms. The van der Waals surface area contributed by atoms with Gasteiger partial charge in [-0.3, -0.25) is 4.79 Å². The maximum atomic E-state index is 13.3. The molecule has 0 amide bonds. The lowest BCUT2D eigenvalue weighted by atomic mass is 10.0. The van der Waals surface area contributed by atoms with Gasteiger partial charge < -0.3 is 19.2 Å². The van der Waals surface area contributed by atoms with Crippen molar-refractivity contribution in [1.82, 2.24) is 4.98 Å². The normalized spacial score (nSPS) is 12.2. The molecular weight excluding hydrogens is 432 g/mol. The highest BCUT2D eigenvalue weighted by atomic mass is 19.4. The number of pyridine rings is 1. The van der Waals surface area contributed by atoms with E-state index in [0.717, 1.165) is 7.11 Å². The van der Waals surface area contributed by atoms with Crippen LogP contribution in [0.3, 0.4) is 0 Å². The van der Waals surface area contributed by atoms with E-state index in [1.54, 1.807) is 0 Å². The highest BCUT2D eigenvalue weighted by Crippen LogP contribution is 2.40. The minimum atomic E-state index is -5.05. The number of methoxy groups -OCH3 is 3. The molecule has 0 saturated heterocycles. The summed E-state index contributed by atoms with van der Waals surface area (Å²) in [4.78, 5) is 15.7. The Kier molecular flexibility index (Phi) is 5.55. The molecule has 0 aliphatic heterocycles. The number of benzene rings is 2. The van der Waals surface area contributed by atoms with Gasteiger partial charge in [0.2, 0.25) is 5.43 Å². The first-order valence-corrected chi connectivity index (χ1v) is 8.56. The topological polar surface area (TPSA) is 60.6 Å². The van der Waals surface area contributed by atoms with Crippen LogP contribution in [-0.4, -0.2) is 26.3 Å². The third-order valence-corrected chi connectivity index (χ3v) is 4.53. The summed E-state index contributed by atoms with van der Waals surface area (Å²) in [7, 11) is 3.70. The summed E-state index contributed by atoms with van der Waals surface area (Å²) in [5.41, 5.74) is -4.64. The lowest BCUT2D eigenvalue weighted by molar-refractivity contribution is -0.143. The number of H-pyrrole nitrogens is 1. The number of nitrogens with one attached hydrogen (secondary N) is 1. The summed E-state index contributed by atoms with van der Waals surface area (Å²) in [6.07, 6.45) is -10.1. The van der Waals surface area contributed by atoms with E-state index in [2.05, 4.69) is 4.98 Å². The van der Waals surface area contributed by atoms with Gasteiger partial charge in [0.25, 0.3) is 0 Å². The minimum Gasteiger partial charge on any atom is -0.497 e. The molecule has 3 rings (SSSR count). The molecule has 5 nitrogen and oxygen atoms in total. The van der Waals surface area contributed by atoms with Crippen molar-refractivity contribution >= 4 is 10.9 Å². The molecule has 1 N–H and O–H groups in total. The number of aromatic nitrogens is 1. The van der Waals surface area contributed by atoms with Gasteiger partial charge in [0, 0.05) is 17.7 Å². The summed E-state index contributed by atoms with van der Waals surface area (Å²) >= 11 is 0. The van der Waals surface area contributed by atoms with Crippen molar-refractivity contribution in [2.45, 2.75) is 12.4 Å². The first-order chi connectivity index (χ1) is 14.4. The van der Waals surface area contributed by atoms with Crippen LogP contribution in [0.25, 0.3) is 22.2 Å². The van der Waals surface area contributed by atoms with E-state index in [1.807, 2.05) is 0 Å². The lowest BCUT2D eigenvalue weighted by Crippen LogP contribution is -2.13. The van der Waals surface area contributed by atoms with Crippen LogP contribution in [0, 0.1) is 0 Å². The molecule has 2 aromatic carbocycles. The molecule has 0 unspecified atom stereocenters. The molecule has 0 bridgehead atoms. The van der Waals surface area contributed by atoms with Crippen LogP contribution in [0.1, 0.15) is 11.1 Å². The van der Waals surface area contributed by atoms with Crippen molar-refractivity contribution in [3.8, 4) is 28.5 Å². The fourth-order valence-electron chi connectivity index (χ4n) is 3.12. The molecule has 0 radical (unpaired) electrons. The van der Waals surface area contributed by atoms with Crippen molar-refractivity contribution in [3.05, 3.63) is 51.7 Å². The van der Waals surface area contributed by atoms with Crippen molar-refractivity contribution in [3.63, 3.8) is 0 Å². The Morgan fingerprint density at radius 3 is 1.81 bits per heavy atom. The maximum absolute atomic E-state index is 13.3. The van der Waals surface area contributed by atoms with Crippen LogP contribution in [-0.2, 0) is 12.4 Å². The summed E-state index contributed by atoms with van der Waals surface area (Å²) in [6, 6.07) is 3.78. The van der Waals surface area contributed by atoms with Crippen molar-refractivity contribution in [2.75, 3.05) is 21.3 Å². The van der Waals surface area contributed by atoms with E-state index >= 15 is 0 Å². The molecule has 31 heavy (non-hydrogen) atoms. The zero-order valence-electron chi connectivity index (χ0n) is 16.3. The predicted molar refractivity (Wildman–Crippen MR) is 99.7 cm³/mol. The molecule has 0 aliphatic carbocycles. The van der Waals surface area contributed by atoms with Crippen molar-refractivity contribution in [2.24, 2.45) is 0 Å². The van der Waals surface area contributed by atoms with Gasteiger partial charge in [0.05, 0.1) is 49.1 Å². The van der Waals surface area contributed by atoms with E-state index < -0.39 is 40.2 Å². The average molecular weight is 447 g/mol. The number of halogens is 6. The fraction of sp³-hybridized carbons (Fsp3) is 0.250. The van der Waals surface area contributed by atoms with E-state index in [4.69, 9.17) is 14.2 Å². The molecule has 0 atom stereocenters. The molecule has 1 heterocycles. The zero-order valence-corrected chi connectivity index (χ0v) is 16.3. The van der Waals surface area contributed by atoms with Gasteiger partial charge in [0.1, 0.15) is 11.5 Å². The van der Waals surface area contributed by atoms with Crippen LogP contribution in [0.2, 0.25) is 0 Å². The Morgan fingerprint density at radius 1 is 0.774 bits per heavy atom. The highest BCUT2D eigenvalue weighted by Gasteiger charge is 2.37. The standard InChI is InChI=1S/C20H15F6NO4/c1-29-12-7-13-15(14(8-12)30-2)17(28)18(31-3)16(27-13)9-4-10(19(21,22)23)6-11(5-9)20(24,25)26/h4-8H,1-3H3,(H,27,28). The van der Waals surface area contributed by atoms with Crippen molar-refractivity contribution in [1.29, 1.82) is 0 Å². The van der Waals surface area contributed by atoms with Gasteiger partial charge in [0.15, 0.2) is 5.75 Å². The number of aromatic amines is 1. The Balaban J connectivity index is 2.43. The molecule has 166 valence electrons. The molecule has 0 saturated carbocycles. The first-order valence-electron chi connectivity index (χ1n) is 8.56. The summed E-state index contributed by atoms with van der Waals surface area (Å²) < 4.78 is 94.9. The monoisotopic (exact) mass is 447 g/mol. The average Bonchev–Trinajstić information content (AvgIpc) is 2.70. The second kappa shape index (κ2) is 7.71. The van der Waals surface area contributed by atoms with Crippen LogP contribution >= 0.6 is 0 Å². The number of fused-ring (bicyclic) bond motifs is 1. The second-order valence-corrected chi connectivity index (χ2v) is 6.41. The third-order valence-electron chi connectivity index (χ3n) is 4.53. The van der Waals surface area contributed by atoms with Gasteiger partial charge in [-0.25, -0.2) is 0 Å². The number of hydrogen-bond acceptors (Lipinski definition) is 4. The number of rotatable bonds is 4. The van der Waals surface area contributed by atoms with Crippen molar-refractivity contribution < 1.29 is 40.6 Å². The van der Waals surface area contributed by atoms with Crippen LogP contribution in [0.4, 0.5) is 26.3 Å². The summed E-state index contributed by atoms with van der Waals surface area (Å²) in [5, 5.41) is -0.00748. The number of ether oxygens (including phenoxy) is 3. The quantitative estimate of drug-likeness (QED) is 0.555. The zero-order chi connectivity index (χ0) is 23.1. The Labute approximate surface area is 171 Å². The smallest absolute Gasteiger partial charge is 0.416 e. The van der Waals surface area contributed by atoms with E-state index in [9.17, 15) is 31.1 Å². The SMILES string of the molecule is COc1cc(OC)c2c(=O)c(OC)c(-c3cc(C(F)(F)F)cc(C(F)(F)F)c3)[nH]c2c1. The van der Waals surface area contributed by atoms with E-state index in [1.165, 1.54) is 26.4 Å². The van der Waals surface area contributed by atoms with Gasteiger partial charge >= 0.3 is 12.4 Å². The largest absolute Gasteiger partial charge is 0.497 e. The lowest BCUT2D eigenvalue weighted by Gasteiger charge is -2.17. The molecule has 1 aromatic heterocycles. The summed E-state index contributed by atoms with van der Waals surface area (Å²) in [6.45, 7) is 0. The number of hydrogen-bond donors (Lipinski definition) is 1. The molecule has 3 aromatic rings. The van der Waals surface area contributed by atoms with Gasteiger partial charge in [-0.1, -0.05) is 0 Å².